The number of aliphatic hydroxyl groups is 1. The van der Waals surface area contributed by atoms with Crippen LogP contribution in [-0.2, 0) is 0 Å². The Bertz CT molecular complexity index is 942. The molecule has 2 unspecified atom stereocenters. The zero-order valence-electron chi connectivity index (χ0n) is 14.0. The minimum atomic E-state index is -0.834. The van der Waals surface area contributed by atoms with E-state index in [2.05, 4.69) is 5.32 Å². The zero-order chi connectivity index (χ0) is 18.0. The molecule has 0 radical (unpaired) electrons. The van der Waals surface area contributed by atoms with Crippen molar-refractivity contribution < 1.29 is 18.7 Å². The fourth-order valence-electron chi connectivity index (χ4n) is 2.85. The summed E-state index contributed by atoms with van der Waals surface area (Å²) in [6, 6.07) is 10.1. The Morgan fingerprint density at radius 2 is 2.00 bits per heavy atom. The van der Waals surface area contributed by atoms with Crippen LogP contribution in [0.15, 0.2) is 56.3 Å². The Kier molecular flexibility index (Phi) is 4.72. The highest BCUT2D eigenvalue weighted by molar-refractivity contribution is 5.99. The maximum atomic E-state index is 12.5. The number of carbonyl (C=O) groups is 1. The molecule has 25 heavy (non-hydrogen) atoms. The first-order chi connectivity index (χ1) is 12.0. The van der Waals surface area contributed by atoms with Crippen LogP contribution in [0.2, 0.25) is 0 Å². The summed E-state index contributed by atoms with van der Waals surface area (Å²) >= 11 is 0. The van der Waals surface area contributed by atoms with Crippen LogP contribution >= 0.6 is 0 Å². The first-order valence-electron chi connectivity index (χ1n) is 8.02. The molecule has 1 amide bonds. The third-order valence-corrected chi connectivity index (χ3v) is 4.13. The van der Waals surface area contributed by atoms with Crippen molar-refractivity contribution in [3.63, 3.8) is 0 Å². The molecule has 2 N–H and O–H groups in total. The van der Waals surface area contributed by atoms with Crippen LogP contribution in [0, 0.1) is 6.92 Å². The molecule has 3 rings (SSSR count). The standard InChI is InChI=1S/C19H19NO5/c1-11(10-14(21)16-8-5-9-24-16)20-18(22)17-12(2)13-6-3-4-7-15(13)25-19(17)23/h3-9,11,14,21H,10H2,1-2H3,(H,20,22). The largest absolute Gasteiger partial charge is 0.467 e. The fraction of sp³-hybridized carbons (Fsp3) is 0.263. The number of carbonyl (C=O) groups excluding carboxylic acids is 1. The summed E-state index contributed by atoms with van der Waals surface area (Å²) in [6.45, 7) is 3.47. The highest BCUT2D eigenvalue weighted by Gasteiger charge is 2.21. The molecule has 0 aliphatic heterocycles. The lowest BCUT2D eigenvalue weighted by Crippen LogP contribution is -2.36. The van der Waals surface area contributed by atoms with Crippen molar-refractivity contribution >= 4 is 16.9 Å². The lowest BCUT2D eigenvalue weighted by molar-refractivity contribution is 0.0899. The van der Waals surface area contributed by atoms with Gasteiger partial charge < -0.3 is 19.3 Å². The molecule has 2 atom stereocenters. The van der Waals surface area contributed by atoms with Gasteiger partial charge >= 0.3 is 5.63 Å². The quantitative estimate of drug-likeness (QED) is 0.696. The van der Waals surface area contributed by atoms with Gasteiger partial charge in [0.2, 0.25) is 0 Å². The minimum absolute atomic E-state index is 0.0157. The van der Waals surface area contributed by atoms with Gasteiger partial charge in [-0.2, -0.15) is 0 Å². The monoisotopic (exact) mass is 341 g/mol. The van der Waals surface area contributed by atoms with Crippen LogP contribution in [0.1, 0.15) is 41.1 Å². The van der Waals surface area contributed by atoms with E-state index in [0.717, 1.165) is 5.39 Å². The lowest BCUT2D eigenvalue weighted by atomic mass is 10.0. The van der Waals surface area contributed by atoms with Gasteiger partial charge in [-0.1, -0.05) is 18.2 Å². The normalized spacial score (nSPS) is 13.6. The summed E-state index contributed by atoms with van der Waals surface area (Å²) in [6.07, 6.45) is 0.905. The van der Waals surface area contributed by atoms with E-state index in [1.807, 2.05) is 6.07 Å². The van der Waals surface area contributed by atoms with E-state index in [1.165, 1.54) is 6.26 Å². The minimum Gasteiger partial charge on any atom is -0.467 e. The average molecular weight is 341 g/mol. The molecule has 0 spiro atoms. The molecule has 2 aromatic heterocycles. The number of amides is 1. The van der Waals surface area contributed by atoms with Gasteiger partial charge in [0, 0.05) is 17.8 Å². The average Bonchev–Trinajstić information content (AvgIpc) is 3.09. The fourth-order valence-corrected chi connectivity index (χ4v) is 2.85. The van der Waals surface area contributed by atoms with Crippen LogP contribution in [0.4, 0.5) is 0 Å². The smallest absolute Gasteiger partial charge is 0.349 e. The van der Waals surface area contributed by atoms with Gasteiger partial charge in [0.15, 0.2) is 0 Å². The van der Waals surface area contributed by atoms with Crippen molar-refractivity contribution in [3.05, 3.63) is 70.0 Å². The van der Waals surface area contributed by atoms with Crippen molar-refractivity contribution in [2.45, 2.75) is 32.4 Å². The maximum absolute atomic E-state index is 12.5. The van der Waals surface area contributed by atoms with Crippen LogP contribution < -0.4 is 10.9 Å². The summed E-state index contributed by atoms with van der Waals surface area (Å²) in [5, 5.41) is 13.5. The van der Waals surface area contributed by atoms with E-state index in [1.54, 1.807) is 44.2 Å². The Balaban J connectivity index is 1.79. The van der Waals surface area contributed by atoms with Crippen LogP contribution in [0.5, 0.6) is 0 Å². The predicted octanol–water partition coefficient (Wildman–Crippen LogP) is 2.94. The first kappa shape index (κ1) is 17.0. The highest BCUT2D eigenvalue weighted by Crippen LogP contribution is 2.20. The number of hydrogen-bond donors (Lipinski definition) is 2. The molecule has 0 aliphatic rings. The number of furan rings is 1. The Morgan fingerprint density at radius 1 is 1.24 bits per heavy atom. The van der Waals surface area contributed by atoms with Crippen molar-refractivity contribution in [1.82, 2.24) is 5.32 Å². The number of para-hydroxylation sites is 1. The molecule has 0 saturated heterocycles. The van der Waals surface area contributed by atoms with Crippen molar-refractivity contribution in [2.75, 3.05) is 0 Å². The third kappa shape index (κ3) is 3.49. The Hall–Kier alpha value is -2.86. The molecule has 0 fully saturated rings. The highest BCUT2D eigenvalue weighted by atomic mass is 16.4. The summed E-state index contributed by atoms with van der Waals surface area (Å²) in [5.74, 6) is -0.0846. The van der Waals surface area contributed by atoms with Gasteiger partial charge in [-0.15, -0.1) is 0 Å². The van der Waals surface area contributed by atoms with Crippen LogP contribution in [0.25, 0.3) is 11.0 Å². The number of nitrogens with one attached hydrogen (secondary N) is 1. The molecule has 1 aromatic carbocycles. The zero-order valence-corrected chi connectivity index (χ0v) is 14.0. The number of aliphatic hydroxyl groups excluding tert-OH is 1. The van der Waals surface area contributed by atoms with E-state index >= 15 is 0 Å². The molecule has 0 aliphatic carbocycles. The molecule has 0 saturated carbocycles. The number of aryl methyl sites for hydroxylation is 1. The molecular weight excluding hydrogens is 322 g/mol. The molecule has 3 aromatic rings. The van der Waals surface area contributed by atoms with Gasteiger partial charge in [-0.3, -0.25) is 4.79 Å². The first-order valence-corrected chi connectivity index (χ1v) is 8.02. The van der Waals surface area contributed by atoms with Crippen molar-refractivity contribution in [2.24, 2.45) is 0 Å². The van der Waals surface area contributed by atoms with Gasteiger partial charge in [0.25, 0.3) is 5.91 Å². The predicted molar refractivity (Wildman–Crippen MR) is 92.4 cm³/mol. The Labute approximate surface area is 144 Å². The van der Waals surface area contributed by atoms with E-state index in [9.17, 15) is 14.7 Å². The summed E-state index contributed by atoms with van der Waals surface area (Å²) in [7, 11) is 0. The van der Waals surface area contributed by atoms with Gasteiger partial charge in [-0.05, 0) is 37.6 Å². The van der Waals surface area contributed by atoms with E-state index in [-0.39, 0.29) is 18.0 Å². The molecule has 0 bridgehead atoms. The SMILES string of the molecule is Cc1c(C(=O)NC(C)CC(O)c2ccco2)c(=O)oc2ccccc12. The second-order valence-corrected chi connectivity index (χ2v) is 6.03. The molecule has 130 valence electrons. The van der Waals surface area contributed by atoms with Crippen molar-refractivity contribution in [1.29, 1.82) is 0 Å². The van der Waals surface area contributed by atoms with Gasteiger partial charge in [-0.25, -0.2) is 4.79 Å². The lowest BCUT2D eigenvalue weighted by Gasteiger charge is -2.17. The number of benzene rings is 1. The molecule has 6 nitrogen and oxygen atoms in total. The number of rotatable bonds is 5. The van der Waals surface area contributed by atoms with Crippen LogP contribution in [0.3, 0.4) is 0 Å². The van der Waals surface area contributed by atoms with E-state index in [0.29, 0.717) is 16.9 Å². The number of fused-ring (bicyclic) bond motifs is 1. The van der Waals surface area contributed by atoms with Crippen molar-refractivity contribution in [3.8, 4) is 0 Å². The molecular formula is C19H19NO5. The molecule has 6 heteroatoms. The third-order valence-electron chi connectivity index (χ3n) is 4.13. The van der Waals surface area contributed by atoms with Gasteiger partial charge in [0.05, 0.1) is 6.26 Å². The van der Waals surface area contributed by atoms with Gasteiger partial charge in [0.1, 0.15) is 23.0 Å². The summed E-state index contributed by atoms with van der Waals surface area (Å²) in [5.41, 5.74) is 0.330. The van der Waals surface area contributed by atoms with Crippen LogP contribution in [-0.4, -0.2) is 17.1 Å². The topological polar surface area (TPSA) is 92.7 Å². The number of hydrogen-bond acceptors (Lipinski definition) is 5. The Morgan fingerprint density at radius 3 is 2.72 bits per heavy atom. The van der Waals surface area contributed by atoms with E-state index < -0.39 is 17.6 Å². The van der Waals surface area contributed by atoms with E-state index in [4.69, 9.17) is 8.83 Å². The summed E-state index contributed by atoms with van der Waals surface area (Å²) < 4.78 is 10.4. The second-order valence-electron chi connectivity index (χ2n) is 6.03. The second kappa shape index (κ2) is 6.94. The molecule has 2 heterocycles. The summed E-state index contributed by atoms with van der Waals surface area (Å²) in [4.78, 5) is 24.7. The maximum Gasteiger partial charge on any atom is 0.349 e.